The Morgan fingerprint density at radius 3 is 2.65 bits per heavy atom. The summed E-state index contributed by atoms with van der Waals surface area (Å²) >= 11 is 0. The highest BCUT2D eigenvalue weighted by Crippen LogP contribution is 2.20. The Bertz CT molecular complexity index is 750. The van der Waals surface area contributed by atoms with E-state index in [2.05, 4.69) is 23.1 Å². The van der Waals surface area contributed by atoms with Crippen LogP contribution in [0.2, 0.25) is 0 Å². The first-order chi connectivity index (χ1) is 12.5. The predicted octanol–water partition coefficient (Wildman–Crippen LogP) is -0.444. The highest BCUT2D eigenvalue weighted by Gasteiger charge is 2.42. The van der Waals surface area contributed by atoms with Crippen molar-refractivity contribution in [2.75, 3.05) is 46.3 Å². The number of amides is 3. The van der Waals surface area contributed by atoms with Crippen molar-refractivity contribution in [2.45, 2.75) is 19.0 Å². The standard InChI is InChI=1S/C19H24N4O3/c1-20-12-18(25)23-9-8-22(11-16(23)19(20)26)17(24)13-21-7-6-14-4-2-3-5-15(14)10-21/h2-5,16H,6-13H2,1H3/t16-/m1/s1. The molecule has 3 amide bonds. The molecule has 0 radical (unpaired) electrons. The molecule has 0 N–H and O–H groups in total. The maximum atomic E-state index is 12.8. The topological polar surface area (TPSA) is 64.2 Å². The van der Waals surface area contributed by atoms with Crippen LogP contribution < -0.4 is 0 Å². The molecule has 26 heavy (non-hydrogen) atoms. The molecule has 0 bridgehead atoms. The highest BCUT2D eigenvalue weighted by molar-refractivity contribution is 5.95. The second-order valence-corrected chi connectivity index (χ2v) is 7.37. The van der Waals surface area contributed by atoms with E-state index in [0.717, 1.165) is 19.5 Å². The van der Waals surface area contributed by atoms with Gasteiger partial charge in [-0.15, -0.1) is 0 Å². The molecule has 0 saturated carbocycles. The summed E-state index contributed by atoms with van der Waals surface area (Å²) in [5, 5.41) is 0. The molecule has 4 rings (SSSR count). The minimum atomic E-state index is -0.527. The lowest BCUT2D eigenvalue weighted by molar-refractivity contribution is -0.160. The number of hydrogen-bond donors (Lipinski definition) is 0. The molecule has 2 saturated heterocycles. The lowest BCUT2D eigenvalue weighted by Gasteiger charge is -2.45. The SMILES string of the molecule is CN1CC(=O)N2CCN(C(=O)CN3CCc4ccccc4C3)C[C@@H]2C1=O. The van der Waals surface area contributed by atoms with E-state index < -0.39 is 6.04 Å². The molecule has 1 atom stereocenters. The van der Waals surface area contributed by atoms with Crippen LogP contribution in [0.1, 0.15) is 11.1 Å². The Morgan fingerprint density at radius 1 is 1.08 bits per heavy atom. The maximum absolute atomic E-state index is 12.8. The molecule has 0 spiro atoms. The van der Waals surface area contributed by atoms with E-state index >= 15 is 0 Å². The van der Waals surface area contributed by atoms with E-state index in [1.54, 1.807) is 16.8 Å². The zero-order chi connectivity index (χ0) is 18.3. The molecule has 0 aliphatic carbocycles. The molecule has 7 heteroatoms. The van der Waals surface area contributed by atoms with Gasteiger partial charge in [-0.25, -0.2) is 0 Å². The van der Waals surface area contributed by atoms with Crippen LogP contribution in [0.3, 0.4) is 0 Å². The van der Waals surface area contributed by atoms with Crippen LogP contribution in [0.15, 0.2) is 24.3 Å². The van der Waals surface area contributed by atoms with Crippen LogP contribution in [0.4, 0.5) is 0 Å². The number of fused-ring (bicyclic) bond motifs is 2. The van der Waals surface area contributed by atoms with Gasteiger partial charge in [-0.1, -0.05) is 24.3 Å². The third kappa shape index (κ3) is 3.07. The quantitative estimate of drug-likeness (QED) is 0.721. The molecule has 3 aliphatic rings. The van der Waals surface area contributed by atoms with Crippen LogP contribution >= 0.6 is 0 Å². The summed E-state index contributed by atoms with van der Waals surface area (Å²) in [5.74, 6) is -0.0663. The van der Waals surface area contributed by atoms with Crippen molar-refractivity contribution >= 4 is 17.7 Å². The number of carbonyl (C=O) groups is 3. The minimum Gasteiger partial charge on any atom is -0.337 e. The molecule has 0 aromatic heterocycles. The number of likely N-dealkylation sites (N-methyl/N-ethyl adjacent to an activating group) is 1. The first kappa shape index (κ1) is 17.0. The third-order valence-electron chi connectivity index (χ3n) is 5.66. The van der Waals surface area contributed by atoms with Gasteiger partial charge in [-0.3, -0.25) is 19.3 Å². The van der Waals surface area contributed by atoms with Crippen molar-refractivity contribution in [2.24, 2.45) is 0 Å². The highest BCUT2D eigenvalue weighted by atomic mass is 16.2. The summed E-state index contributed by atoms with van der Waals surface area (Å²) in [6.07, 6.45) is 0.956. The van der Waals surface area contributed by atoms with Crippen LogP contribution in [-0.4, -0.2) is 89.7 Å². The lowest BCUT2D eigenvalue weighted by atomic mass is 10.00. The van der Waals surface area contributed by atoms with Crippen molar-refractivity contribution < 1.29 is 14.4 Å². The average molecular weight is 356 g/mol. The third-order valence-corrected chi connectivity index (χ3v) is 5.66. The largest absolute Gasteiger partial charge is 0.337 e. The zero-order valence-electron chi connectivity index (χ0n) is 15.1. The normalized spacial score (nSPS) is 23.7. The smallest absolute Gasteiger partial charge is 0.247 e. The van der Waals surface area contributed by atoms with Crippen molar-refractivity contribution in [1.29, 1.82) is 0 Å². The summed E-state index contributed by atoms with van der Waals surface area (Å²) in [6, 6.07) is 7.83. The van der Waals surface area contributed by atoms with Gasteiger partial charge >= 0.3 is 0 Å². The molecule has 3 aliphatic heterocycles. The van der Waals surface area contributed by atoms with Crippen LogP contribution in [0, 0.1) is 0 Å². The van der Waals surface area contributed by atoms with Crippen LogP contribution in [-0.2, 0) is 27.3 Å². The van der Waals surface area contributed by atoms with Gasteiger partial charge in [0.25, 0.3) is 0 Å². The Labute approximate surface area is 153 Å². The molecular formula is C19H24N4O3. The maximum Gasteiger partial charge on any atom is 0.247 e. The van der Waals surface area contributed by atoms with E-state index in [1.165, 1.54) is 16.0 Å². The Kier molecular flexibility index (Phi) is 4.40. The van der Waals surface area contributed by atoms with Gasteiger partial charge < -0.3 is 14.7 Å². The molecule has 1 aromatic carbocycles. The van der Waals surface area contributed by atoms with E-state index in [9.17, 15) is 14.4 Å². The summed E-state index contributed by atoms with van der Waals surface area (Å²) in [4.78, 5) is 44.3. The van der Waals surface area contributed by atoms with Crippen molar-refractivity contribution in [3.05, 3.63) is 35.4 Å². The molecular weight excluding hydrogens is 332 g/mol. The Hall–Kier alpha value is -2.41. The van der Waals surface area contributed by atoms with Crippen LogP contribution in [0.25, 0.3) is 0 Å². The molecule has 138 valence electrons. The summed E-state index contributed by atoms with van der Waals surface area (Å²) in [6.45, 7) is 3.39. The summed E-state index contributed by atoms with van der Waals surface area (Å²) < 4.78 is 0. The second-order valence-electron chi connectivity index (χ2n) is 7.37. The fourth-order valence-electron chi connectivity index (χ4n) is 4.13. The van der Waals surface area contributed by atoms with Crippen LogP contribution in [0.5, 0.6) is 0 Å². The van der Waals surface area contributed by atoms with E-state index in [-0.39, 0.29) is 24.3 Å². The number of benzene rings is 1. The number of hydrogen-bond acceptors (Lipinski definition) is 4. The Morgan fingerprint density at radius 2 is 1.85 bits per heavy atom. The predicted molar refractivity (Wildman–Crippen MR) is 95.1 cm³/mol. The van der Waals surface area contributed by atoms with Crippen molar-refractivity contribution in [3.63, 3.8) is 0 Å². The van der Waals surface area contributed by atoms with E-state index in [1.807, 2.05) is 6.07 Å². The van der Waals surface area contributed by atoms with Gasteiger partial charge in [0.2, 0.25) is 17.7 Å². The lowest BCUT2D eigenvalue weighted by Crippen LogP contribution is -2.67. The van der Waals surface area contributed by atoms with Gasteiger partial charge in [0.05, 0.1) is 19.6 Å². The number of nitrogens with zero attached hydrogens (tertiary/aromatic N) is 4. The van der Waals surface area contributed by atoms with Gasteiger partial charge in [-0.2, -0.15) is 0 Å². The van der Waals surface area contributed by atoms with Crippen molar-refractivity contribution in [1.82, 2.24) is 19.6 Å². The molecule has 1 aromatic rings. The Balaban J connectivity index is 1.39. The fraction of sp³-hybridized carbons (Fsp3) is 0.526. The summed E-state index contributed by atoms with van der Waals surface area (Å²) in [7, 11) is 1.64. The first-order valence-corrected chi connectivity index (χ1v) is 9.14. The molecule has 0 unspecified atom stereocenters. The average Bonchev–Trinajstić information content (AvgIpc) is 2.65. The van der Waals surface area contributed by atoms with Gasteiger partial charge in [0, 0.05) is 33.2 Å². The van der Waals surface area contributed by atoms with Crippen molar-refractivity contribution in [3.8, 4) is 0 Å². The first-order valence-electron chi connectivity index (χ1n) is 9.14. The summed E-state index contributed by atoms with van der Waals surface area (Å²) in [5.41, 5.74) is 2.64. The van der Waals surface area contributed by atoms with E-state index in [4.69, 9.17) is 0 Å². The second kappa shape index (κ2) is 6.72. The van der Waals surface area contributed by atoms with Gasteiger partial charge in [0.1, 0.15) is 6.04 Å². The van der Waals surface area contributed by atoms with E-state index in [0.29, 0.717) is 26.2 Å². The zero-order valence-corrected chi connectivity index (χ0v) is 15.1. The molecule has 3 heterocycles. The molecule has 7 nitrogen and oxygen atoms in total. The monoisotopic (exact) mass is 356 g/mol. The minimum absolute atomic E-state index is 0.0307. The number of rotatable bonds is 2. The number of piperazine rings is 2. The molecule has 2 fully saturated rings. The fourth-order valence-corrected chi connectivity index (χ4v) is 4.13. The number of carbonyl (C=O) groups excluding carboxylic acids is 3. The van der Waals surface area contributed by atoms with Gasteiger partial charge in [0.15, 0.2) is 0 Å². The van der Waals surface area contributed by atoms with Gasteiger partial charge in [-0.05, 0) is 17.5 Å².